The summed E-state index contributed by atoms with van der Waals surface area (Å²) in [5.74, 6) is 1.11. The second-order valence-electron chi connectivity index (χ2n) is 2.64. The first-order chi connectivity index (χ1) is 6.67. The van der Waals surface area contributed by atoms with E-state index < -0.39 is 6.03 Å². The van der Waals surface area contributed by atoms with Gasteiger partial charge in [0, 0.05) is 19.5 Å². The van der Waals surface area contributed by atoms with Crippen LogP contribution in [0, 0.1) is 0 Å². The van der Waals surface area contributed by atoms with E-state index in [1.165, 1.54) is 14.2 Å². The predicted octanol–water partition coefficient (Wildman–Crippen LogP) is 1.26. The summed E-state index contributed by atoms with van der Waals surface area (Å²) in [7, 11) is 2.90. The molecular weight excluding hydrogens is 186 g/mol. The van der Waals surface area contributed by atoms with E-state index in [9.17, 15) is 4.79 Å². The summed E-state index contributed by atoms with van der Waals surface area (Å²) in [5.41, 5.74) is 0. The van der Waals surface area contributed by atoms with Crippen molar-refractivity contribution in [1.82, 2.24) is 10.2 Å². The number of aryl methyl sites for hydroxylation is 1. The van der Waals surface area contributed by atoms with Gasteiger partial charge in [0.2, 0.25) is 0 Å². The van der Waals surface area contributed by atoms with E-state index in [1.54, 1.807) is 6.07 Å². The summed E-state index contributed by atoms with van der Waals surface area (Å²) >= 11 is 0. The van der Waals surface area contributed by atoms with Gasteiger partial charge in [-0.3, -0.25) is 10.2 Å². The largest absolute Gasteiger partial charge is 0.359 e. The fraction of sp³-hybridized carbons (Fsp3) is 0.500. The molecule has 0 radical (unpaired) electrons. The van der Waals surface area contributed by atoms with Crippen LogP contribution < -0.4 is 5.32 Å². The predicted molar refractivity (Wildman–Crippen MR) is 49.7 cm³/mol. The van der Waals surface area contributed by atoms with Gasteiger partial charge in [-0.1, -0.05) is 12.1 Å². The van der Waals surface area contributed by atoms with Crippen LogP contribution in [0.5, 0.6) is 0 Å². The molecule has 6 nitrogen and oxygen atoms in total. The second-order valence-corrected chi connectivity index (χ2v) is 2.64. The van der Waals surface area contributed by atoms with Crippen molar-refractivity contribution in [2.75, 3.05) is 19.5 Å². The molecule has 0 aromatic carbocycles. The first-order valence-corrected chi connectivity index (χ1v) is 4.21. The maximum Gasteiger partial charge on any atom is 0.346 e. The average molecular weight is 199 g/mol. The van der Waals surface area contributed by atoms with Crippen LogP contribution in [0.15, 0.2) is 10.6 Å². The van der Waals surface area contributed by atoms with E-state index in [1.807, 2.05) is 6.92 Å². The number of hydroxylamine groups is 2. The van der Waals surface area contributed by atoms with Gasteiger partial charge in [0.25, 0.3) is 0 Å². The molecule has 14 heavy (non-hydrogen) atoms. The Balaban J connectivity index is 2.56. The Kier molecular flexibility index (Phi) is 3.47. The molecule has 0 atom stereocenters. The van der Waals surface area contributed by atoms with E-state index in [0.29, 0.717) is 5.82 Å². The maximum absolute atomic E-state index is 11.2. The van der Waals surface area contributed by atoms with Crippen molar-refractivity contribution in [3.63, 3.8) is 0 Å². The smallest absolute Gasteiger partial charge is 0.346 e. The summed E-state index contributed by atoms with van der Waals surface area (Å²) in [6, 6.07) is 1.27. The topological polar surface area (TPSA) is 67.6 Å². The van der Waals surface area contributed by atoms with Gasteiger partial charge in [0.1, 0.15) is 5.76 Å². The highest BCUT2D eigenvalue weighted by Gasteiger charge is 2.10. The minimum Gasteiger partial charge on any atom is -0.359 e. The third-order valence-corrected chi connectivity index (χ3v) is 1.70. The van der Waals surface area contributed by atoms with Gasteiger partial charge in [-0.25, -0.2) is 9.86 Å². The van der Waals surface area contributed by atoms with Crippen LogP contribution >= 0.6 is 0 Å². The summed E-state index contributed by atoms with van der Waals surface area (Å²) < 4.78 is 4.90. The molecule has 0 unspecified atom stereocenters. The number of carbonyl (C=O) groups is 1. The molecule has 0 bridgehead atoms. The van der Waals surface area contributed by atoms with Crippen molar-refractivity contribution >= 4 is 11.8 Å². The number of urea groups is 1. The molecule has 0 aliphatic carbocycles. The number of anilines is 1. The zero-order valence-electron chi connectivity index (χ0n) is 8.40. The second kappa shape index (κ2) is 4.61. The molecule has 0 saturated carbocycles. The lowest BCUT2D eigenvalue weighted by Gasteiger charge is -2.12. The van der Waals surface area contributed by atoms with Gasteiger partial charge < -0.3 is 4.52 Å². The van der Waals surface area contributed by atoms with Crippen LogP contribution in [0.2, 0.25) is 0 Å². The van der Waals surface area contributed by atoms with E-state index in [4.69, 9.17) is 4.52 Å². The standard InChI is InChI=1S/C8H13N3O3/c1-4-6-5-7(10-14-6)9-8(12)11(2)13-3/h5H,4H2,1-3H3,(H,9,10,12). The Morgan fingerprint density at radius 2 is 2.50 bits per heavy atom. The van der Waals surface area contributed by atoms with Crippen LogP contribution in [0.3, 0.4) is 0 Å². The number of hydrogen-bond donors (Lipinski definition) is 1. The molecule has 1 aromatic rings. The summed E-state index contributed by atoms with van der Waals surface area (Å²) in [6.45, 7) is 1.94. The van der Waals surface area contributed by atoms with E-state index >= 15 is 0 Å². The molecule has 0 spiro atoms. The normalized spacial score (nSPS) is 9.93. The fourth-order valence-corrected chi connectivity index (χ4v) is 0.810. The zero-order valence-corrected chi connectivity index (χ0v) is 8.40. The van der Waals surface area contributed by atoms with Gasteiger partial charge in [-0.2, -0.15) is 0 Å². The van der Waals surface area contributed by atoms with Crippen LogP contribution in [-0.4, -0.2) is 30.4 Å². The summed E-state index contributed by atoms with van der Waals surface area (Å²) in [4.78, 5) is 15.9. The van der Waals surface area contributed by atoms with Crippen LogP contribution in [0.1, 0.15) is 12.7 Å². The average Bonchev–Trinajstić information content (AvgIpc) is 2.64. The van der Waals surface area contributed by atoms with Crippen LogP contribution in [0.25, 0.3) is 0 Å². The number of carbonyl (C=O) groups excluding carboxylic acids is 1. The minimum atomic E-state index is -0.400. The fourth-order valence-electron chi connectivity index (χ4n) is 0.810. The lowest BCUT2D eigenvalue weighted by atomic mass is 10.4. The highest BCUT2D eigenvalue weighted by molar-refractivity contribution is 5.87. The van der Waals surface area contributed by atoms with Crippen molar-refractivity contribution in [3.05, 3.63) is 11.8 Å². The minimum absolute atomic E-state index is 0.385. The third-order valence-electron chi connectivity index (χ3n) is 1.70. The molecule has 0 saturated heterocycles. The Hall–Kier alpha value is -1.56. The monoisotopic (exact) mass is 199 g/mol. The quantitative estimate of drug-likeness (QED) is 0.744. The molecular formula is C8H13N3O3. The number of nitrogens with one attached hydrogen (secondary N) is 1. The molecule has 78 valence electrons. The lowest BCUT2D eigenvalue weighted by molar-refractivity contribution is -0.0598. The van der Waals surface area contributed by atoms with Crippen molar-refractivity contribution in [1.29, 1.82) is 0 Å². The number of aromatic nitrogens is 1. The maximum atomic E-state index is 11.2. The lowest BCUT2D eigenvalue weighted by Crippen LogP contribution is -2.30. The molecule has 1 rings (SSSR count). The molecule has 0 aliphatic heterocycles. The molecule has 2 amide bonds. The van der Waals surface area contributed by atoms with E-state index in [2.05, 4.69) is 15.3 Å². The Labute approximate surface area is 81.8 Å². The number of rotatable bonds is 3. The SMILES string of the molecule is CCc1cc(NC(=O)N(C)OC)no1. The van der Waals surface area contributed by atoms with Crippen molar-refractivity contribution in [2.24, 2.45) is 0 Å². The summed E-state index contributed by atoms with van der Waals surface area (Å²) in [5, 5.41) is 7.21. The van der Waals surface area contributed by atoms with Gasteiger partial charge in [-0.05, 0) is 0 Å². The number of amides is 2. The molecule has 6 heteroatoms. The molecule has 1 aromatic heterocycles. The molecule has 1 heterocycles. The van der Waals surface area contributed by atoms with Crippen molar-refractivity contribution in [3.8, 4) is 0 Å². The van der Waals surface area contributed by atoms with Gasteiger partial charge in [0.15, 0.2) is 5.82 Å². The number of nitrogens with zero attached hydrogens (tertiary/aromatic N) is 2. The first-order valence-electron chi connectivity index (χ1n) is 4.21. The van der Waals surface area contributed by atoms with Gasteiger partial charge >= 0.3 is 6.03 Å². The van der Waals surface area contributed by atoms with Gasteiger partial charge in [0.05, 0.1) is 7.11 Å². The third kappa shape index (κ3) is 2.46. The molecule has 0 fully saturated rings. The number of hydrogen-bond acceptors (Lipinski definition) is 4. The highest BCUT2D eigenvalue weighted by atomic mass is 16.7. The van der Waals surface area contributed by atoms with Crippen LogP contribution in [-0.2, 0) is 11.3 Å². The first kappa shape index (κ1) is 10.5. The highest BCUT2D eigenvalue weighted by Crippen LogP contribution is 2.09. The Morgan fingerprint density at radius 3 is 3.00 bits per heavy atom. The molecule has 1 N–H and O–H groups in total. The summed E-state index contributed by atoms with van der Waals surface area (Å²) in [6.07, 6.45) is 0.739. The van der Waals surface area contributed by atoms with Crippen molar-refractivity contribution < 1.29 is 14.2 Å². The van der Waals surface area contributed by atoms with E-state index in [0.717, 1.165) is 17.2 Å². The van der Waals surface area contributed by atoms with Crippen LogP contribution in [0.4, 0.5) is 10.6 Å². The van der Waals surface area contributed by atoms with E-state index in [-0.39, 0.29) is 0 Å². The Bertz CT molecular complexity index is 311. The zero-order chi connectivity index (χ0) is 10.6. The molecule has 0 aliphatic rings. The van der Waals surface area contributed by atoms with Gasteiger partial charge in [-0.15, -0.1) is 0 Å². The Morgan fingerprint density at radius 1 is 1.79 bits per heavy atom. The van der Waals surface area contributed by atoms with Crippen molar-refractivity contribution in [2.45, 2.75) is 13.3 Å².